The number of nitrogens with two attached hydrogens (primary N) is 1. The third-order valence-corrected chi connectivity index (χ3v) is 2.69. The van der Waals surface area contributed by atoms with Crippen molar-refractivity contribution in [3.63, 3.8) is 0 Å². The highest BCUT2D eigenvalue weighted by molar-refractivity contribution is 6.06. The predicted octanol–water partition coefficient (Wildman–Crippen LogP) is 1.79. The van der Waals surface area contributed by atoms with Gasteiger partial charge in [-0.1, -0.05) is 12.6 Å². The van der Waals surface area contributed by atoms with E-state index in [1.807, 2.05) is 0 Å². The number of amides is 1. The molecule has 1 rings (SSSR count). The van der Waals surface area contributed by atoms with Crippen LogP contribution >= 0.6 is 0 Å². The van der Waals surface area contributed by atoms with Crippen LogP contribution in [0, 0.1) is 0 Å². The zero-order chi connectivity index (χ0) is 16.5. The molecular weight excluding hydrogens is 282 g/mol. The van der Waals surface area contributed by atoms with Gasteiger partial charge >= 0.3 is 5.97 Å². The molecule has 0 saturated carbocycles. The lowest BCUT2D eigenvalue weighted by molar-refractivity contribution is -0.142. The summed E-state index contributed by atoms with van der Waals surface area (Å²) in [5.41, 5.74) is 6.28. The summed E-state index contributed by atoms with van der Waals surface area (Å²) in [5, 5.41) is 0. The Morgan fingerprint density at radius 2 is 2.18 bits per heavy atom. The number of carbonyl (C=O) groups excluding carboxylic acids is 2. The largest absolute Gasteiger partial charge is 0.466 e. The fraction of sp³-hybridized carbons (Fsp3) is 0.312. The highest BCUT2D eigenvalue weighted by atomic mass is 16.5. The van der Waals surface area contributed by atoms with E-state index in [4.69, 9.17) is 10.5 Å². The van der Waals surface area contributed by atoms with Crippen molar-refractivity contribution in [1.82, 2.24) is 4.98 Å². The molecule has 6 nitrogen and oxygen atoms in total. The first-order valence-electron chi connectivity index (χ1n) is 6.97. The van der Waals surface area contributed by atoms with E-state index < -0.39 is 0 Å². The quantitative estimate of drug-likeness (QED) is 0.471. The molecule has 22 heavy (non-hydrogen) atoms. The molecule has 2 N–H and O–H groups in total. The molecule has 0 aromatic carbocycles. The molecule has 0 spiro atoms. The van der Waals surface area contributed by atoms with Crippen LogP contribution < -0.4 is 10.6 Å². The molecule has 1 amide bonds. The second kappa shape index (κ2) is 8.61. The first kappa shape index (κ1) is 17.4. The van der Waals surface area contributed by atoms with Gasteiger partial charge < -0.3 is 10.5 Å². The van der Waals surface area contributed by atoms with Crippen LogP contribution in [0.1, 0.15) is 20.3 Å². The van der Waals surface area contributed by atoms with Crippen LogP contribution in [-0.2, 0) is 14.3 Å². The number of aromatic nitrogens is 1. The standard InChI is InChI=1S/C16H21N3O3/c1-4-22-15(20)8-10-19(14-7-5-6-9-18-14)16(21)12(2)11-13(3)17/h5-7,9,11H,2,4,8,10,17H2,1,3H3/b13-11+. The van der Waals surface area contributed by atoms with E-state index >= 15 is 0 Å². The Kier molecular flexibility index (Phi) is 6.82. The number of esters is 1. The van der Waals surface area contributed by atoms with E-state index in [1.54, 1.807) is 38.2 Å². The van der Waals surface area contributed by atoms with Gasteiger partial charge in [-0.2, -0.15) is 0 Å². The number of nitrogens with zero attached hydrogens (tertiary/aromatic N) is 2. The van der Waals surface area contributed by atoms with Crippen molar-refractivity contribution >= 4 is 17.7 Å². The van der Waals surface area contributed by atoms with E-state index in [1.165, 1.54) is 11.0 Å². The molecule has 1 heterocycles. The van der Waals surface area contributed by atoms with Gasteiger partial charge in [0, 0.05) is 24.0 Å². The predicted molar refractivity (Wildman–Crippen MR) is 84.9 cm³/mol. The number of hydrogen-bond acceptors (Lipinski definition) is 5. The average Bonchev–Trinajstić information content (AvgIpc) is 2.48. The van der Waals surface area contributed by atoms with E-state index in [-0.39, 0.29) is 30.4 Å². The summed E-state index contributed by atoms with van der Waals surface area (Å²) < 4.78 is 4.88. The Hall–Kier alpha value is -2.63. The van der Waals surface area contributed by atoms with Gasteiger partial charge in [0.15, 0.2) is 0 Å². The summed E-state index contributed by atoms with van der Waals surface area (Å²) in [7, 11) is 0. The van der Waals surface area contributed by atoms with Crippen molar-refractivity contribution in [2.24, 2.45) is 5.73 Å². The molecule has 6 heteroatoms. The molecule has 118 valence electrons. The summed E-state index contributed by atoms with van der Waals surface area (Å²) >= 11 is 0. The summed E-state index contributed by atoms with van der Waals surface area (Å²) in [6.07, 6.45) is 3.14. The van der Waals surface area contributed by atoms with Crippen LogP contribution in [0.25, 0.3) is 0 Å². The van der Waals surface area contributed by atoms with Crippen LogP contribution in [0.15, 0.2) is 48.3 Å². The molecule has 0 atom stereocenters. The van der Waals surface area contributed by atoms with E-state index in [0.717, 1.165) is 0 Å². The Bertz CT molecular complexity index is 563. The normalized spacial score (nSPS) is 10.9. The van der Waals surface area contributed by atoms with Gasteiger partial charge in [0.2, 0.25) is 0 Å². The number of anilines is 1. The van der Waals surface area contributed by atoms with Gasteiger partial charge in [-0.25, -0.2) is 4.98 Å². The van der Waals surface area contributed by atoms with Gasteiger partial charge in [-0.05, 0) is 32.1 Å². The van der Waals surface area contributed by atoms with Crippen LogP contribution in [0.4, 0.5) is 5.82 Å². The number of carbonyl (C=O) groups is 2. The minimum Gasteiger partial charge on any atom is -0.466 e. The highest BCUT2D eigenvalue weighted by Gasteiger charge is 2.20. The number of ether oxygens (including phenoxy) is 1. The van der Waals surface area contributed by atoms with Crippen molar-refractivity contribution in [3.8, 4) is 0 Å². The summed E-state index contributed by atoms with van der Waals surface area (Å²) in [4.78, 5) is 29.5. The second-order valence-corrected chi connectivity index (χ2v) is 4.61. The Morgan fingerprint density at radius 3 is 2.73 bits per heavy atom. The van der Waals surface area contributed by atoms with Crippen molar-refractivity contribution in [3.05, 3.63) is 48.3 Å². The van der Waals surface area contributed by atoms with Crippen molar-refractivity contribution in [1.29, 1.82) is 0 Å². The van der Waals surface area contributed by atoms with E-state index in [2.05, 4.69) is 11.6 Å². The third kappa shape index (κ3) is 5.40. The monoisotopic (exact) mass is 303 g/mol. The SMILES string of the molecule is C=C(/C=C(\C)N)C(=O)N(CCC(=O)OCC)c1ccccn1. The third-order valence-electron chi connectivity index (χ3n) is 2.69. The number of hydrogen-bond donors (Lipinski definition) is 1. The second-order valence-electron chi connectivity index (χ2n) is 4.61. The van der Waals surface area contributed by atoms with Crippen LogP contribution in [0.2, 0.25) is 0 Å². The molecule has 1 aromatic rings. The van der Waals surface area contributed by atoms with E-state index in [0.29, 0.717) is 18.1 Å². The lowest BCUT2D eigenvalue weighted by Crippen LogP contribution is -2.34. The summed E-state index contributed by atoms with van der Waals surface area (Å²) in [5.74, 6) is -0.277. The zero-order valence-electron chi connectivity index (χ0n) is 12.9. The molecule has 0 saturated heterocycles. The molecule has 0 aliphatic carbocycles. The Morgan fingerprint density at radius 1 is 1.45 bits per heavy atom. The molecule has 0 bridgehead atoms. The van der Waals surface area contributed by atoms with Gasteiger partial charge in [-0.3, -0.25) is 14.5 Å². The summed E-state index contributed by atoms with van der Waals surface area (Å²) in [6, 6.07) is 5.20. The summed E-state index contributed by atoms with van der Waals surface area (Å²) in [6.45, 7) is 7.58. The van der Waals surface area contributed by atoms with Crippen molar-refractivity contribution in [2.45, 2.75) is 20.3 Å². The van der Waals surface area contributed by atoms with Gasteiger partial charge in [0.25, 0.3) is 5.91 Å². The lowest BCUT2D eigenvalue weighted by Gasteiger charge is -2.21. The Labute approximate surface area is 130 Å². The van der Waals surface area contributed by atoms with Crippen LogP contribution in [0.3, 0.4) is 0 Å². The van der Waals surface area contributed by atoms with Gasteiger partial charge in [0.05, 0.1) is 13.0 Å². The van der Waals surface area contributed by atoms with Gasteiger partial charge in [0.1, 0.15) is 5.82 Å². The van der Waals surface area contributed by atoms with Crippen molar-refractivity contribution < 1.29 is 14.3 Å². The Balaban J connectivity index is 2.92. The molecular formula is C16H21N3O3. The minimum atomic E-state index is -0.368. The molecule has 0 aliphatic rings. The molecule has 0 aliphatic heterocycles. The van der Waals surface area contributed by atoms with Gasteiger partial charge in [-0.15, -0.1) is 0 Å². The molecule has 0 radical (unpaired) electrons. The van der Waals surface area contributed by atoms with Crippen LogP contribution in [-0.4, -0.2) is 30.0 Å². The fourth-order valence-electron chi connectivity index (χ4n) is 1.78. The van der Waals surface area contributed by atoms with Crippen molar-refractivity contribution in [2.75, 3.05) is 18.1 Å². The smallest absolute Gasteiger partial charge is 0.307 e. The molecule has 1 aromatic heterocycles. The highest BCUT2D eigenvalue weighted by Crippen LogP contribution is 2.14. The maximum Gasteiger partial charge on any atom is 0.307 e. The number of pyridine rings is 1. The molecule has 0 fully saturated rings. The van der Waals surface area contributed by atoms with E-state index in [9.17, 15) is 9.59 Å². The first-order chi connectivity index (χ1) is 10.5. The lowest BCUT2D eigenvalue weighted by atomic mass is 10.2. The first-order valence-corrected chi connectivity index (χ1v) is 6.97. The topological polar surface area (TPSA) is 85.5 Å². The maximum atomic E-state index is 12.5. The number of rotatable bonds is 7. The number of allylic oxidation sites excluding steroid dienone is 1. The fourth-order valence-corrected chi connectivity index (χ4v) is 1.78. The average molecular weight is 303 g/mol. The van der Waals surface area contributed by atoms with Crippen LogP contribution in [0.5, 0.6) is 0 Å². The molecule has 0 unspecified atom stereocenters. The minimum absolute atomic E-state index is 0.0781. The zero-order valence-corrected chi connectivity index (χ0v) is 12.9. The maximum absolute atomic E-state index is 12.5.